The van der Waals surface area contributed by atoms with Gasteiger partial charge in [0.15, 0.2) is 0 Å². The van der Waals surface area contributed by atoms with Gasteiger partial charge in [-0.05, 0) is 23.1 Å². The monoisotopic (exact) mass is 200 g/mol. The maximum absolute atomic E-state index is 3.72. The molecule has 0 aliphatic rings. The fraction of sp³-hybridized carbons (Fsp3) is 0.333. The van der Waals surface area contributed by atoms with Crippen LogP contribution in [-0.2, 0) is 6.42 Å². The summed E-state index contributed by atoms with van der Waals surface area (Å²) < 4.78 is 0. The van der Waals surface area contributed by atoms with Crippen molar-refractivity contribution in [3.63, 3.8) is 0 Å². The molecule has 1 aromatic heterocycles. The molecular formula is C12H14NSi. The van der Waals surface area contributed by atoms with Crippen LogP contribution in [-0.4, -0.2) is 15.2 Å². The highest BCUT2D eigenvalue weighted by molar-refractivity contribution is 6.14. The van der Waals surface area contributed by atoms with Crippen LogP contribution in [0.4, 0.5) is 0 Å². The van der Waals surface area contributed by atoms with Gasteiger partial charge in [0.05, 0.1) is 0 Å². The zero-order valence-electron chi connectivity index (χ0n) is 8.59. The average Bonchev–Trinajstić information content (AvgIpc) is 2.47. The van der Waals surface area contributed by atoms with Crippen molar-refractivity contribution in [2.24, 2.45) is 0 Å². The Morgan fingerprint density at radius 2 is 2.00 bits per heavy atom. The number of rotatable bonds is 2. The molecule has 0 saturated heterocycles. The lowest BCUT2D eigenvalue weighted by atomic mass is 10.0. The third-order valence-electron chi connectivity index (χ3n) is 2.31. The van der Waals surface area contributed by atoms with Gasteiger partial charge in [-0.25, -0.2) is 0 Å². The molecule has 1 nitrogen and oxygen atoms in total. The van der Waals surface area contributed by atoms with E-state index in [2.05, 4.69) is 59.5 Å². The van der Waals surface area contributed by atoms with Crippen molar-refractivity contribution in [2.75, 3.05) is 0 Å². The van der Waals surface area contributed by atoms with Crippen molar-refractivity contribution < 1.29 is 0 Å². The molecule has 0 unspecified atom stereocenters. The van der Waals surface area contributed by atoms with E-state index in [-0.39, 0.29) is 5.04 Å². The number of hydrogen-bond acceptors (Lipinski definition) is 0. The van der Waals surface area contributed by atoms with Gasteiger partial charge in [-0.15, -0.1) is 0 Å². The molecule has 2 rings (SSSR count). The van der Waals surface area contributed by atoms with Crippen molar-refractivity contribution >= 4 is 21.1 Å². The quantitative estimate of drug-likeness (QED) is 0.717. The summed E-state index contributed by atoms with van der Waals surface area (Å²) in [6.45, 7) is 4.37. The molecule has 2 aromatic rings. The molecule has 0 aliphatic heterocycles. The van der Waals surface area contributed by atoms with Gasteiger partial charge in [0.25, 0.3) is 0 Å². The van der Waals surface area contributed by atoms with E-state index in [9.17, 15) is 0 Å². The van der Waals surface area contributed by atoms with E-state index in [1.807, 2.05) is 0 Å². The fourth-order valence-electron chi connectivity index (χ4n) is 1.75. The van der Waals surface area contributed by atoms with Crippen molar-refractivity contribution in [3.05, 3.63) is 36.0 Å². The number of aromatic amines is 1. The molecule has 0 fully saturated rings. The van der Waals surface area contributed by atoms with Gasteiger partial charge < -0.3 is 4.98 Å². The molecule has 3 radical (unpaired) electrons. The lowest BCUT2D eigenvalue weighted by Gasteiger charge is -2.16. The molecular weight excluding hydrogens is 186 g/mol. The Hall–Kier alpha value is -1.02. The minimum atomic E-state index is 0.158. The van der Waals surface area contributed by atoms with Crippen molar-refractivity contribution in [2.45, 2.75) is 25.3 Å². The Morgan fingerprint density at radius 3 is 2.71 bits per heavy atom. The molecule has 1 heterocycles. The second kappa shape index (κ2) is 3.28. The van der Waals surface area contributed by atoms with Gasteiger partial charge in [-0.1, -0.05) is 32.0 Å². The minimum absolute atomic E-state index is 0.158. The molecule has 0 bridgehead atoms. The summed E-state index contributed by atoms with van der Waals surface area (Å²) >= 11 is 0. The zero-order chi connectivity index (χ0) is 10.2. The second-order valence-corrected chi connectivity index (χ2v) is 5.77. The van der Waals surface area contributed by atoms with Crippen molar-refractivity contribution in [1.82, 2.24) is 4.98 Å². The predicted octanol–water partition coefficient (Wildman–Crippen LogP) is 3.08. The number of hydrogen-bond donors (Lipinski definition) is 1. The topological polar surface area (TPSA) is 15.8 Å². The van der Waals surface area contributed by atoms with Gasteiger partial charge >= 0.3 is 0 Å². The molecule has 0 atom stereocenters. The average molecular weight is 200 g/mol. The van der Waals surface area contributed by atoms with Crippen LogP contribution in [0.5, 0.6) is 0 Å². The van der Waals surface area contributed by atoms with E-state index in [1.54, 1.807) is 0 Å². The van der Waals surface area contributed by atoms with Gasteiger partial charge in [0, 0.05) is 27.3 Å². The summed E-state index contributed by atoms with van der Waals surface area (Å²) in [6, 6.07) is 8.42. The number of para-hydroxylation sites is 1. The molecule has 1 N–H and O–H groups in total. The Kier molecular flexibility index (Phi) is 2.23. The molecule has 2 heteroatoms. The van der Waals surface area contributed by atoms with E-state index in [0.29, 0.717) is 0 Å². The highest BCUT2D eigenvalue weighted by atomic mass is 28.1. The van der Waals surface area contributed by atoms with Crippen LogP contribution in [0, 0.1) is 0 Å². The molecule has 1 aromatic carbocycles. The number of aromatic nitrogens is 1. The number of fused-ring (bicyclic) bond motifs is 1. The zero-order valence-corrected chi connectivity index (χ0v) is 9.59. The van der Waals surface area contributed by atoms with E-state index < -0.39 is 0 Å². The second-order valence-electron chi connectivity index (χ2n) is 4.42. The SMILES string of the molecule is CC(C)([Si])Cc1c[nH]c2ccccc12. The third-order valence-corrected chi connectivity index (χ3v) is 2.48. The van der Waals surface area contributed by atoms with Gasteiger partial charge in [-0.3, -0.25) is 0 Å². The van der Waals surface area contributed by atoms with E-state index >= 15 is 0 Å². The first-order valence-electron chi connectivity index (χ1n) is 4.86. The Labute approximate surface area is 88.0 Å². The summed E-state index contributed by atoms with van der Waals surface area (Å²) in [5, 5.41) is 1.49. The van der Waals surface area contributed by atoms with E-state index in [1.165, 1.54) is 16.5 Å². The third kappa shape index (κ3) is 1.90. The number of benzene rings is 1. The smallest absolute Gasteiger partial charge is 0.0456 e. The molecule has 0 saturated carbocycles. The Balaban J connectivity index is 2.44. The predicted molar refractivity (Wildman–Crippen MR) is 61.8 cm³/mol. The van der Waals surface area contributed by atoms with Crippen LogP contribution >= 0.6 is 0 Å². The molecule has 0 amide bonds. The van der Waals surface area contributed by atoms with E-state index in [0.717, 1.165) is 6.42 Å². The summed E-state index contributed by atoms with van der Waals surface area (Å²) in [4.78, 5) is 3.29. The van der Waals surface area contributed by atoms with Crippen LogP contribution in [0.25, 0.3) is 10.9 Å². The van der Waals surface area contributed by atoms with Crippen LogP contribution in [0.3, 0.4) is 0 Å². The maximum atomic E-state index is 3.72. The van der Waals surface area contributed by atoms with E-state index in [4.69, 9.17) is 0 Å². The van der Waals surface area contributed by atoms with Gasteiger partial charge in [-0.2, -0.15) is 0 Å². The lowest BCUT2D eigenvalue weighted by Crippen LogP contribution is -2.05. The van der Waals surface area contributed by atoms with Crippen LogP contribution in [0.1, 0.15) is 19.4 Å². The van der Waals surface area contributed by atoms with Crippen molar-refractivity contribution in [3.8, 4) is 0 Å². The van der Waals surface area contributed by atoms with Crippen molar-refractivity contribution in [1.29, 1.82) is 0 Å². The first kappa shape index (κ1) is 9.53. The largest absolute Gasteiger partial charge is 0.361 e. The highest BCUT2D eigenvalue weighted by Gasteiger charge is 2.13. The molecule has 71 valence electrons. The van der Waals surface area contributed by atoms with Crippen LogP contribution < -0.4 is 0 Å². The number of H-pyrrole nitrogens is 1. The maximum Gasteiger partial charge on any atom is 0.0456 e. The summed E-state index contributed by atoms with van der Waals surface area (Å²) in [5.74, 6) is 0. The highest BCUT2D eigenvalue weighted by Crippen LogP contribution is 2.28. The van der Waals surface area contributed by atoms with Gasteiger partial charge in [0.2, 0.25) is 0 Å². The summed E-state index contributed by atoms with van der Waals surface area (Å²) in [5.41, 5.74) is 2.60. The first-order chi connectivity index (χ1) is 6.56. The minimum Gasteiger partial charge on any atom is -0.361 e. The standard InChI is InChI=1S/C12H14NSi/c1-12(2,14)7-9-8-13-11-6-4-3-5-10(9)11/h3-6,8,13H,7H2,1-2H3. The number of nitrogens with one attached hydrogen (secondary N) is 1. The van der Waals surface area contributed by atoms with Crippen LogP contribution in [0.15, 0.2) is 30.5 Å². The Bertz CT molecular complexity index is 437. The molecule has 0 aliphatic carbocycles. The van der Waals surface area contributed by atoms with Gasteiger partial charge in [0.1, 0.15) is 0 Å². The summed E-state index contributed by atoms with van der Waals surface area (Å²) in [6.07, 6.45) is 3.14. The summed E-state index contributed by atoms with van der Waals surface area (Å²) in [7, 11) is 3.72. The molecule has 14 heavy (non-hydrogen) atoms. The van der Waals surface area contributed by atoms with Crippen LogP contribution in [0.2, 0.25) is 5.04 Å². The molecule has 0 spiro atoms. The Morgan fingerprint density at radius 1 is 1.29 bits per heavy atom. The lowest BCUT2D eigenvalue weighted by molar-refractivity contribution is 0.679. The normalized spacial score (nSPS) is 12.2. The first-order valence-corrected chi connectivity index (χ1v) is 5.36. The fourth-order valence-corrected chi connectivity index (χ4v) is 1.94.